The second-order valence-corrected chi connectivity index (χ2v) is 3.35. The second kappa shape index (κ2) is 3.72. The molecule has 1 aliphatic heterocycles. The van der Waals surface area contributed by atoms with Crippen molar-refractivity contribution in [1.29, 1.82) is 0 Å². The molecule has 2 rings (SSSR count). The van der Waals surface area contributed by atoms with Gasteiger partial charge in [-0.2, -0.15) is 10.2 Å². The summed E-state index contributed by atoms with van der Waals surface area (Å²) in [4.78, 5) is 10.7. The van der Waals surface area contributed by atoms with E-state index in [0.717, 1.165) is 11.8 Å². The van der Waals surface area contributed by atoms with E-state index >= 15 is 0 Å². The largest absolute Gasteiger partial charge is 0.302 e. The predicted octanol–water partition coefficient (Wildman–Crippen LogP) is 1.94. The molecule has 0 amide bonds. The van der Waals surface area contributed by atoms with Gasteiger partial charge in [0.25, 0.3) is 0 Å². The standard InChI is InChI=1S/C10H7ClN2O/c11-9-3-1-7(2-4-9)10-8(6-14)5-12-13-10/h1-6,8H. The van der Waals surface area contributed by atoms with E-state index in [-0.39, 0.29) is 5.92 Å². The number of carbonyl (C=O) groups is 1. The Morgan fingerprint density at radius 3 is 2.64 bits per heavy atom. The molecule has 0 radical (unpaired) electrons. The molecule has 0 N–H and O–H groups in total. The number of nitrogens with zero attached hydrogens (tertiary/aromatic N) is 2. The molecule has 0 saturated heterocycles. The minimum Gasteiger partial charge on any atom is -0.302 e. The van der Waals surface area contributed by atoms with Crippen molar-refractivity contribution >= 4 is 29.8 Å². The Hall–Kier alpha value is -1.48. The minimum atomic E-state index is -0.323. The van der Waals surface area contributed by atoms with Crippen molar-refractivity contribution < 1.29 is 4.79 Å². The molecule has 1 aliphatic rings. The maximum atomic E-state index is 10.7. The van der Waals surface area contributed by atoms with Gasteiger partial charge in [-0.3, -0.25) is 0 Å². The van der Waals surface area contributed by atoms with Crippen LogP contribution in [0.5, 0.6) is 0 Å². The monoisotopic (exact) mass is 206 g/mol. The molecule has 0 fully saturated rings. The molecule has 1 atom stereocenters. The third-order valence-electron chi connectivity index (χ3n) is 2.00. The first-order valence-corrected chi connectivity index (χ1v) is 4.51. The third-order valence-corrected chi connectivity index (χ3v) is 2.25. The molecule has 0 aromatic heterocycles. The van der Waals surface area contributed by atoms with Gasteiger partial charge >= 0.3 is 0 Å². The zero-order chi connectivity index (χ0) is 9.97. The Morgan fingerprint density at radius 2 is 2.00 bits per heavy atom. The van der Waals surface area contributed by atoms with Gasteiger partial charge in [-0.05, 0) is 17.7 Å². The molecule has 1 aromatic rings. The number of rotatable bonds is 2. The summed E-state index contributed by atoms with van der Waals surface area (Å²) in [6.07, 6.45) is 2.35. The van der Waals surface area contributed by atoms with Crippen LogP contribution in [0.15, 0.2) is 34.5 Å². The zero-order valence-electron chi connectivity index (χ0n) is 7.22. The Morgan fingerprint density at radius 1 is 1.29 bits per heavy atom. The van der Waals surface area contributed by atoms with Gasteiger partial charge in [-0.25, -0.2) is 0 Å². The SMILES string of the molecule is O=CC1C=NN=C1c1ccc(Cl)cc1. The lowest BCUT2D eigenvalue weighted by Crippen LogP contribution is -2.14. The van der Waals surface area contributed by atoms with E-state index in [1.165, 1.54) is 6.21 Å². The summed E-state index contributed by atoms with van der Waals surface area (Å²) >= 11 is 5.75. The lowest BCUT2D eigenvalue weighted by Gasteiger charge is -2.03. The number of hydrogen-bond acceptors (Lipinski definition) is 3. The van der Waals surface area contributed by atoms with Crippen molar-refractivity contribution in [2.45, 2.75) is 0 Å². The highest BCUT2D eigenvalue weighted by Gasteiger charge is 2.18. The van der Waals surface area contributed by atoms with Crippen LogP contribution >= 0.6 is 11.6 Å². The minimum absolute atomic E-state index is 0.323. The fourth-order valence-electron chi connectivity index (χ4n) is 1.28. The van der Waals surface area contributed by atoms with Crippen molar-refractivity contribution in [2.24, 2.45) is 16.1 Å². The Labute approximate surface area is 86.1 Å². The van der Waals surface area contributed by atoms with E-state index in [4.69, 9.17) is 11.6 Å². The maximum absolute atomic E-state index is 10.7. The van der Waals surface area contributed by atoms with Gasteiger partial charge in [-0.1, -0.05) is 23.7 Å². The maximum Gasteiger partial charge on any atom is 0.134 e. The first-order valence-electron chi connectivity index (χ1n) is 4.13. The van der Waals surface area contributed by atoms with E-state index in [9.17, 15) is 4.79 Å². The fraction of sp³-hybridized carbons (Fsp3) is 0.100. The van der Waals surface area contributed by atoms with Crippen molar-refractivity contribution in [2.75, 3.05) is 0 Å². The molecule has 1 heterocycles. The Balaban J connectivity index is 2.32. The highest BCUT2D eigenvalue weighted by molar-refractivity contribution is 6.30. The van der Waals surface area contributed by atoms with Crippen LogP contribution in [0.25, 0.3) is 0 Å². The first-order chi connectivity index (χ1) is 6.81. The van der Waals surface area contributed by atoms with E-state index in [1.54, 1.807) is 12.1 Å². The smallest absolute Gasteiger partial charge is 0.134 e. The van der Waals surface area contributed by atoms with E-state index in [0.29, 0.717) is 10.7 Å². The van der Waals surface area contributed by atoms with Crippen LogP contribution in [0, 0.1) is 5.92 Å². The van der Waals surface area contributed by atoms with Crippen LogP contribution in [0.3, 0.4) is 0 Å². The molecular weight excluding hydrogens is 200 g/mol. The molecule has 0 spiro atoms. The summed E-state index contributed by atoms with van der Waals surface area (Å²) in [5.41, 5.74) is 1.56. The molecule has 0 saturated carbocycles. The topological polar surface area (TPSA) is 41.8 Å². The number of carbonyl (C=O) groups excluding carboxylic acids is 1. The highest BCUT2D eigenvalue weighted by Crippen LogP contribution is 2.15. The van der Waals surface area contributed by atoms with Gasteiger partial charge in [0.15, 0.2) is 0 Å². The van der Waals surface area contributed by atoms with Crippen LogP contribution in [0.2, 0.25) is 5.02 Å². The molecule has 0 bridgehead atoms. The van der Waals surface area contributed by atoms with Crippen LogP contribution in [-0.2, 0) is 4.79 Å². The average molecular weight is 207 g/mol. The van der Waals surface area contributed by atoms with Gasteiger partial charge in [-0.15, -0.1) is 0 Å². The van der Waals surface area contributed by atoms with Gasteiger partial charge in [0.2, 0.25) is 0 Å². The number of benzene rings is 1. The summed E-state index contributed by atoms with van der Waals surface area (Å²) in [5.74, 6) is -0.323. The molecular formula is C10H7ClN2O. The predicted molar refractivity (Wildman–Crippen MR) is 56.0 cm³/mol. The van der Waals surface area contributed by atoms with Gasteiger partial charge in [0, 0.05) is 11.2 Å². The lowest BCUT2D eigenvalue weighted by atomic mass is 10.00. The molecule has 4 heteroatoms. The van der Waals surface area contributed by atoms with Crippen LogP contribution < -0.4 is 0 Å². The molecule has 70 valence electrons. The van der Waals surface area contributed by atoms with Crippen molar-refractivity contribution in [3.8, 4) is 0 Å². The van der Waals surface area contributed by atoms with Crippen molar-refractivity contribution in [3.05, 3.63) is 34.9 Å². The number of halogens is 1. The number of aldehydes is 1. The highest BCUT2D eigenvalue weighted by atomic mass is 35.5. The van der Waals surface area contributed by atoms with Crippen LogP contribution in [0.4, 0.5) is 0 Å². The molecule has 0 aliphatic carbocycles. The van der Waals surface area contributed by atoms with Gasteiger partial charge < -0.3 is 4.79 Å². The zero-order valence-corrected chi connectivity index (χ0v) is 7.98. The summed E-state index contributed by atoms with van der Waals surface area (Å²) < 4.78 is 0. The van der Waals surface area contributed by atoms with Crippen LogP contribution in [-0.4, -0.2) is 18.2 Å². The normalized spacial score (nSPS) is 19.5. The second-order valence-electron chi connectivity index (χ2n) is 2.92. The van der Waals surface area contributed by atoms with E-state index in [1.807, 2.05) is 12.1 Å². The summed E-state index contributed by atoms with van der Waals surface area (Å²) in [6.45, 7) is 0. The van der Waals surface area contributed by atoms with Gasteiger partial charge in [0.1, 0.15) is 6.29 Å². The Kier molecular flexibility index (Phi) is 2.41. The Bertz CT molecular complexity index is 409. The van der Waals surface area contributed by atoms with Gasteiger partial charge in [0.05, 0.1) is 11.6 Å². The van der Waals surface area contributed by atoms with E-state index < -0.39 is 0 Å². The molecule has 3 nitrogen and oxygen atoms in total. The quantitative estimate of drug-likeness (QED) is 0.682. The lowest BCUT2D eigenvalue weighted by molar-refractivity contribution is -0.108. The summed E-state index contributed by atoms with van der Waals surface area (Å²) in [6, 6.07) is 7.18. The first kappa shape index (κ1) is 9.09. The third kappa shape index (κ3) is 1.59. The van der Waals surface area contributed by atoms with Crippen molar-refractivity contribution in [3.63, 3.8) is 0 Å². The number of hydrogen-bond donors (Lipinski definition) is 0. The molecule has 1 aromatic carbocycles. The average Bonchev–Trinajstić information content (AvgIpc) is 2.67. The molecule has 14 heavy (non-hydrogen) atoms. The fourth-order valence-corrected chi connectivity index (χ4v) is 1.40. The summed E-state index contributed by atoms with van der Waals surface area (Å²) in [5, 5.41) is 8.28. The van der Waals surface area contributed by atoms with Crippen molar-refractivity contribution in [1.82, 2.24) is 0 Å². The molecule has 1 unspecified atom stereocenters. The van der Waals surface area contributed by atoms with E-state index in [2.05, 4.69) is 10.2 Å². The summed E-state index contributed by atoms with van der Waals surface area (Å²) in [7, 11) is 0. The van der Waals surface area contributed by atoms with Crippen LogP contribution in [0.1, 0.15) is 5.56 Å².